The molecular weight excluding hydrogens is 286 g/mol. The Kier molecular flexibility index (Phi) is 3.47. The van der Waals surface area contributed by atoms with Gasteiger partial charge >= 0.3 is 0 Å². The number of anilines is 1. The van der Waals surface area contributed by atoms with Crippen LogP contribution in [0.25, 0.3) is 0 Å². The molecule has 0 amide bonds. The van der Waals surface area contributed by atoms with Crippen molar-refractivity contribution in [2.45, 2.75) is 24.7 Å². The van der Waals surface area contributed by atoms with Crippen molar-refractivity contribution in [1.29, 1.82) is 0 Å². The summed E-state index contributed by atoms with van der Waals surface area (Å²) >= 11 is 0. The van der Waals surface area contributed by atoms with E-state index in [0.717, 1.165) is 27.9 Å². The number of fused-ring (bicyclic) bond motifs is 1. The first-order valence-corrected chi connectivity index (χ1v) is 8.58. The Balaban J connectivity index is 1.79. The molecule has 1 atom stereocenters. The summed E-state index contributed by atoms with van der Waals surface area (Å²) in [6, 6.07) is 13.0. The number of hydrogen-bond donors (Lipinski definition) is 2. The molecule has 0 fully saturated rings. The fourth-order valence-electron chi connectivity index (χ4n) is 2.51. The van der Waals surface area contributed by atoms with Crippen molar-refractivity contribution in [3.05, 3.63) is 64.7 Å². The minimum atomic E-state index is -3.00. The van der Waals surface area contributed by atoms with E-state index in [-0.39, 0.29) is 11.5 Å². The molecule has 1 aliphatic rings. The zero-order chi connectivity index (χ0) is 15.0. The molecule has 1 unspecified atom stereocenters. The standard InChI is InChI=1S/C16H17NO3S/c1-11-2-4-12(5-3-11)16(18)17-15-7-6-13-9-21(19,20)10-14(13)8-15/h2-8,16-18H,9-10H2,1H3. The lowest BCUT2D eigenvalue weighted by Gasteiger charge is -2.15. The van der Waals surface area contributed by atoms with Crippen LogP contribution in [-0.2, 0) is 21.3 Å². The Morgan fingerprint density at radius 3 is 2.43 bits per heavy atom. The lowest BCUT2D eigenvalue weighted by atomic mass is 10.1. The predicted octanol–water partition coefficient (Wildman–Crippen LogP) is 2.53. The van der Waals surface area contributed by atoms with Crippen LogP contribution in [0.1, 0.15) is 28.5 Å². The smallest absolute Gasteiger partial charge is 0.158 e. The van der Waals surface area contributed by atoms with Gasteiger partial charge in [0.2, 0.25) is 0 Å². The second kappa shape index (κ2) is 5.16. The Hall–Kier alpha value is -1.85. The van der Waals surface area contributed by atoms with Gasteiger partial charge in [-0.2, -0.15) is 0 Å². The summed E-state index contributed by atoms with van der Waals surface area (Å²) in [5.41, 5.74) is 4.29. The SMILES string of the molecule is Cc1ccc(C(O)Nc2ccc3c(c2)CS(=O)(=O)C3)cc1. The summed E-state index contributed by atoms with van der Waals surface area (Å²) in [6.07, 6.45) is -0.818. The third kappa shape index (κ3) is 3.09. The number of sulfone groups is 1. The van der Waals surface area contributed by atoms with Crippen LogP contribution >= 0.6 is 0 Å². The Morgan fingerprint density at radius 1 is 1.05 bits per heavy atom. The summed E-state index contributed by atoms with van der Waals surface area (Å²) in [6.45, 7) is 1.99. The highest BCUT2D eigenvalue weighted by atomic mass is 32.2. The van der Waals surface area contributed by atoms with Gasteiger partial charge in [-0.1, -0.05) is 35.9 Å². The predicted molar refractivity (Wildman–Crippen MR) is 82.5 cm³/mol. The number of rotatable bonds is 3. The average molecular weight is 303 g/mol. The molecule has 0 radical (unpaired) electrons. The minimum Gasteiger partial charge on any atom is -0.369 e. The van der Waals surface area contributed by atoms with Crippen LogP contribution in [0.5, 0.6) is 0 Å². The molecular formula is C16H17NO3S. The average Bonchev–Trinajstić information content (AvgIpc) is 2.72. The summed E-state index contributed by atoms with van der Waals surface area (Å²) < 4.78 is 23.2. The molecule has 0 spiro atoms. The molecule has 2 aromatic carbocycles. The first-order valence-electron chi connectivity index (χ1n) is 6.76. The summed E-state index contributed by atoms with van der Waals surface area (Å²) in [7, 11) is -3.00. The number of nitrogens with one attached hydrogen (secondary N) is 1. The van der Waals surface area contributed by atoms with E-state index in [1.165, 1.54) is 0 Å². The maximum absolute atomic E-state index is 11.6. The largest absolute Gasteiger partial charge is 0.369 e. The number of hydrogen-bond acceptors (Lipinski definition) is 4. The van der Waals surface area contributed by atoms with Gasteiger partial charge in [0.15, 0.2) is 16.1 Å². The molecule has 110 valence electrons. The second-order valence-corrected chi connectivity index (χ2v) is 7.54. The Morgan fingerprint density at radius 2 is 1.71 bits per heavy atom. The highest BCUT2D eigenvalue weighted by Crippen LogP contribution is 2.28. The molecule has 0 saturated heterocycles. The third-order valence-corrected chi connectivity index (χ3v) is 5.16. The maximum atomic E-state index is 11.6. The normalized spacial score (nSPS) is 17.2. The van der Waals surface area contributed by atoms with E-state index in [2.05, 4.69) is 5.32 Å². The molecule has 5 heteroatoms. The van der Waals surface area contributed by atoms with Gasteiger partial charge in [0.1, 0.15) is 0 Å². The molecule has 2 N–H and O–H groups in total. The van der Waals surface area contributed by atoms with Gasteiger partial charge in [0.25, 0.3) is 0 Å². The van der Waals surface area contributed by atoms with Crippen LogP contribution in [0.2, 0.25) is 0 Å². The first-order chi connectivity index (χ1) is 9.93. The van der Waals surface area contributed by atoms with Gasteiger partial charge in [-0.05, 0) is 30.2 Å². The fraction of sp³-hybridized carbons (Fsp3) is 0.250. The molecule has 0 bridgehead atoms. The second-order valence-electron chi connectivity index (χ2n) is 5.47. The summed E-state index contributed by atoms with van der Waals surface area (Å²) in [5, 5.41) is 13.2. The van der Waals surface area contributed by atoms with E-state index in [0.29, 0.717) is 0 Å². The fourth-order valence-corrected chi connectivity index (χ4v) is 4.11. The first kappa shape index (κ1) is 14.1. The van der Waals surface area contributed by atoms with Crippen LogP contribution in [0.3, 0.4) is 0 Å². The van der Waals surface area contributed by atoms with Crippen LogP contribution in [0, 0.1) is 6.92 Å². The van der Waals surface area contributed by atoms with Crippen molar-refractivity contribution in [3.63, 3.8) is 0 Å². The topological polar surface area (TPSA) is 66.4 Å². The highest BCUT2D eigenvalue weighted by Gasteiger charge is 2.24. The van der Waals surface area contributed by atoms with Gasteiger partial charge in [0.05, 0.1) is 11.5 Å². The van der Waals surface area contributed by atoms with E-state index in [9.17, 15) is 13.5 Å². The maximum Gasteiger partial charge on any atom is 0.158 e. The Bertz CT molecular complexity index is 767. The summed E-state index contributed by atoms with van der Waals surface area (Å²) in [4.78, 5) is 0. The van der Waals surface area contributed by atoms with Crippen molar-refractivity contribution >= 4 is 15.5 Å². The molecule has 4 nitrogen and oxygen atoms in total. The number of benzene rings is 2. The molecule has 21 heavy (non-hydrogen) atoms. The molecule has 0 aromatic heterocycles. The minimum absolute atomic E-state index is 0.0818. The molecule has 1 heterocycles. The highest BCUT2D eigenvalue weighted by molar-refractivity contribution is 7.90. The van der Waals surface area contributed by atoms with Crippen LogP contribution in [0.4, 0.5) is 5.69 Å². The lowest BCUT2D eigenvalue weighted by Crippen LogP contribution is -2.09. The van der Waals surface area contributed by atoms with Crippen molar-refractivity contribution < 1.29 is 13.5 Å². The molecule has 1 aliphatic heterocycles. The van der Waals surface area contributed by atoms with E-state index < -0.39 is 16.1 Å². The Labute approximate surface area is 124 Å². The quantitative estimate of drug-likeness (QED) is 0.855. The molecule has 0 aliphatic carbocycles. The number of aliphatic hydroxyl groups excluding tert-OH is 1. The summed E-state index contributed by atoms with van der Waals surface area (Å²) in [5.74, 6) is 0.196. The van der Waals surface area contributed by atoms with E-state index >= 15 is 0 Å². The van der Waals surface area contributed by atoms with Gasteiger partial charge in [-0.15, -0.1) is 0 Å². The van der Waals surface area contributed by atoms with Gasteiger partial charge < -0.3 is 10.4 Å². The van der Waals surface area contributed by atoms with Crippen molar-refractivity contribution in [3.8, 4) is 0 Å². The lowest BCUT2D eigenvalue weighted by molar-refractivity contribution is 0.208. The number of aliphatic hydroxyl groups is 1. The van der Waals surface area contributed by atoms with Crippen molar-refractivity contribution in [1.82, 2.24) is 0 Å². The van der Waals surface area contributed by atoms with E-state index in [1.807, 2.05) is 37.3 Å². The monoisotopic (exact) mass is 303 g/mol. The van der Waals surface area contributed by atoms with Gasteiger partial charge in [-0.25, -0.2) is 8.42 Å². The van der Waals surface area contributed by atoms with Crippen LogP contribution in [-0.4, -0.2) is 13.5 Å². The van der Waals surface area contributed by atoms with E-state index in [4.69, 9.17) is 0 Å². The van der Waals surface area contributed by atoms with Gasteiger partial charge in [-0.3, -0.25) is 0 Å². The van der Waals surface area contributed by atoms with Gasteiger partial charge in [0, 0.05) is 11.3 Å². The van der Waals surface area contributed by atoms with Crippen LogP contribution in [0.15, 0.2) is 42.5 Å². The van der Waals surface area contributed by atoms with Crippen molar-refractivity contribution in [2.75, 3.05) is 5.32 Å². The molecule has 0 saturated carbocycles. The van der Waals surface area contributed by atoms with E-state index in [1.54, 1.807) is 12.1 Å². The third-order valence-electron chi connectivity index (χ3n) is 3.65. The molecule has 3 rings (SSSR count). The molecule has 2 aromatic rings. The van der Waals surface area contributed by atoms with Crippen LogP contribution < -0.4 is 5.32 Å². The zero-order valence-corrected chi connectivity index (χ0v) is 12.5. The number of aryl methyl sites for hydroxylation is 1. The van der Waals surface area contributed by atoms with Crippen molar-refractivity contribution in [2.24, 2.45) is 0 Å². The zero-order valence-electron chi connectivity index (χ0n) is 11.7.